The maximum absolute atomic E-state index is 7.51. The van der Waals surface area contributed by atoms with E-state index < -0.39 is 0 Å². The van der Waals surface area contributed by atoms with Crippen LogP contribution in [-0.4, -0.2) is 0 Å². The smallest absolute Gasteiger partial charge is 0.159 e. The van der Waals surface area contributed by atoms with E-state index in [-0.39, 0.29) is 0 Å². The summed E-state index contributed by atoms with van der Waals surface area (Å²) >= 11 is 0. The minimum atomic E-state index is 0.352. The predicted octanol–water partition coefficient (Wildman–Crippen LogP) is 26.1. The van der Waals surface area contributed by atoms with Crippen LogP contribution in [0.5, 0.6) is 0 Å². The number of fused-ring (bicyclic) bond motifs is 6. The van der Waals surface area contributed by atoms with Crippen LogP contribution in [0.15, 0.2) is 209 Å². The molecule has 0 bridgehead atoms. The lowest BCUT2D eigenvalue weighted by Crippen LogP contribution is -2.14. The molecule has 4 nitrogen and oxygen atoms in total. The predicted molar refractivity (Wildman–Crippen MR) is 384 cm³/mol. The van der Waals surface area contributed by atoms with Crippen LogP contribution in [0.2, 0.25) is 0 Å². The first-order valence-electron chi connectivity index (χ1n) is 33.9. The van der Waals surface area contributed by atoms with E-state index >= 15 is 0 Å². The lowest BCUT2D eigenvalue weighted by Gasteiger charge is -2.32. The van der Waals surface area contributed by atoms with Crippen LogP contribution in [-0.2, 0) is 12.8 Å². The summed E-state index contributed by atoms with van der Waals surface area (Å²) in [6.45, 7) is 13.7. The fourth-order valence-electron chi connectivity index (χ4n) is 16.4. The van der Waals surface area contributed by atoms with Gasteiger partial charge in [-0.05, 0) is 188 Å². The van der Waals surface area contributed by atoms with Gasteiger partial charge in [0, 0.05) is 55.0 Å². The lowest BCUT2D eigenvalue weighted by molar-refractivity contribution is 0.445. The van der Waals surface area contributed by atoms with Crippen molar-refractivity contribution < 1.29 is 8.83 Å². The second kappa shape index (κ2) is 23.0. The van der Waals surface area contributed by atoms with Crippen molar-refractivity contribution in [2.45, 2.75) is 142 Å². The zero-order chi connectivity index (χ0) is 60.7. The van der Waals surface area contributed by atoms with Crippen molar-refractivity contribution in [3.63, 3.8) is 0 Å². The van der Waals surface area contributed by atoms with Crippen molar-refractivity contribution in [2.24, 2.45) is 0 Å². The third-order valence-electron chi connectivity index (χ3n) is 20.9. The lowest BCUT2D eigenvalue weighted by atomic mass is 9.76. The van der Waals surface area contributed by atoms with Gasteiger partial charge in [0.25, 0.3) is 0 Å². The first-order chi connectivity index (χ1) is 44.2. The average molecular weight is 1170 g/mol. The van der Waals surface area contributed by atoms with Crippen molar-refractivity contribution in [1.82, 2.24) is 0 Å². The number of rotatable bonds is 14. The first kappa shape index (κ1) is 56.1. The summed E-state index contributed by atoms with van der Waals surface area (Å²) in [7, 11) is 0. The minimum absolute atomic E-state index is 0.352. The number of nitrogens with zero attached hydrogens (tertiary/aromatic N) is 1. The first-order valence-corrected chi connectivity index (χ1v) is 33.9. The molecule has 1 N–H and O–H groups in total. The summed E-state index contributed by atoms with van der Waals surface area (Å²) in [5.41, 5.74) is 24.3. The molecule has 2 aromatic heterocycles. The SMILES string of the molecule is CCc1cccc(Nc2c(-c3cc4c(C5CCCCC5)cc(N(c5cccc(CC)c5)c5cccc6c5oc5c(-c7ccccc7C(C)C)cccc56)c5ccc6c(C7CCCCC7)ccc3c6c45)ccc3c2oc2c(-c4ccccc4C(C)C)cccc23)c1. The number of hydrogen-bond donors (Lipinski definition) is 1. The van der Waals surface area contributed by atoms with Crippen molar-refractivity contribution in [2.75, 3.05) is 10.2 Å². The molecule has 14 aromatic rings. The number of para-hydroxylation sites is 3. The molecule has 0 spiro atoms. The quantitative estimate of drug-likeness (QED) is 0.110. The summed E-state index contributed by atoms with van der Waals surface area (Å²) < 4.78 is 15.0. The van der Waals surface area contributed by atoms with Gasteiger partial charge in [0.05, 0.1) is 17.1 Å². The average Bonchev–Trinajstić information content (AvgIpc) is 0.712. The number of hydrogen-bond acceptors (Lipinski definition) is 4. The molecular weight excluding hydrogens is 1090 g/mol. The Hall–Kier alpha value is -9.12. The fourth-order valence-corrected chi connectivity index (χ4v) is 16.4. The summed E-state index contributed by atoms with van der Waals surface area (Å²) in [6.07, 6.45) is 14.2. The van der Waals surface area contributed by atoms with Crippen molar-refractivity contribution in [3.05, 3.63) is 234 Å². The van der Waals surface area contributed by atoms with E-state index in [1.54, 1.807) is 0 Å². The molecule has 0 radical (unpaired) electrons. The van der Waals surface area contributed by atoms with Gasteiger partial charge in [-0.25, -0.2) is 0 Å². The van der Waals surface area contributed by atoms with Crippen molar-refractivity contribution in [3.8, 4) is 33.4 Å². The van der Waals surface area contributed by atoms with Gasteiger partial charge in [-0.15, -0.1) is 0 Å². The molecule has 2 heterocycles. The Morgan fingerprint density at radius 3 is 1.56 bits per heavy atom. The molecule has 0 atom stereocenters. The molecule has 2 saturated carbocycles. The topological polar surface area (TPSA) is 41.5 Å². The van der Waals surface area contributed by atoms with Gasteiger partial charge in [0.15, 0.2) is 11.2 Å². The second-order valence-corrected chi connectivity index (χ2v) is 26.8. The fraction of sp³-hybridized carbons (Fsp3) is 0.256. The third kappa shape index (κ3) is 9.38. The van der Waals surface area contributed by atoms with Crippen LogP contribution in [0, 0.1) is 0 Å². The Balaban J connectivity index is 1.00. The second-order valence-electron chi connectivity index (χ2n) is 26.8. The zero-order valence-corrected chi connectivity index (χ0v) is 53.1. The van der Waals surface area contributed by atoms with Gasteiger partial charge in [0.1, 0.15) is 11.2 Å². The zero-order valence-electron chi connectivity index (χ0n) is 53.1. The van der Waals surface area contributed by atoms with Gasteiger partial charge < -0.3 is 19.1 Å². The van der Waals surface area contributed by atoms with E-state index in [0.717, 1.165) is 109 Å². The highest BCUT2D eigenvalue weighted by Crippen LogP contribution is 2.55. The Bertz CT molecular complexity index is 5060. The molecule has 446 valence electrons. The highest BCUT2D eigenvalue weighted by Gasteiger charge is 2.31. The summed E-state index contributed by atoms with van der Waals surface area (Å²) in [5.74, 6) is 1.59. The third-order valence-corrected chi connectivity index (χ3v) is 20.9. The summed E-state index contributed by atoms with van der Waals surface area (Å²) in [6, 6.07) is 76.4. The monoisotopic (exact) mass is 1170 g/mol. The van der Waals surface area contributed by atoms with Crippen LogP contribution in [0.4, 0.5) is 28.4 Å². The van der Waals surface area contributed by atoms with E-state index in [9.17, 15) is 0 Å². The van der Waals surface area contributed by atoms with E-state index in [1.807, 2.05) is 0 Å². The van der Waals surface area contributed by atoms with Gasteiger partial charge >= 0.3 is 0 Å². The number of anilines is 5. The van der Waals surface area contributed by atoms with Crippen LogP contribution in [0.1, 0.15) is 163 Å². The molecule has 0 unspecified atom stereocenters. The molecule has 2 aliphatic rings. The highest BCUT2D eigenvalue weighted by molar-refractivity contribution is 6.31. The van der Waals surface area contributed by atoms with E-state index in [2.05, 4.69) is 252 Å². The molecule has 4 heteroatoms. The van der Waals surface area contributed by atoms with Gasteiger partial charge in [-0.1, -0.05) is 232 Å². The van der Waals surface area contributed by atoms with Gasteiger partial charge in [-0.2, -0.15) is 0 Å². The van der Waals surface area contributed by atoms with Crippen LogP contribution in [0.25, 0.3) is 110 Å². The Kier molecular flexibility index (Phi) is 14.4. The molecule has 90 heavy (non-hydrogen) atoms. The number of benzene rings is 12. The molecule has 0 amide bonds. The van der Waals surface area contributed by atoms with E-state index in [4.69, 9.17) is 8.83 Å². The number of aryl methyl sites for hydroxylation is 2. The molecule has 16 rings (SSSR count). The van der Waals surface area contributed by atoms with Crippen LogP contribution in [0.3, 0.4) is 0 Å². The Morgan fingerprint density at radius 2 is 0.900 bits per heavy atom. The molecule has 0 saturated heterocycles. The molecule has 12 aromatic carbocycles. The van der Waals surface area contributed by atoms with E-state index in [0.29, 0.717) is 23.7 Å². The number of furan rings is 2. The van der Waals surface area contributed by atoms with E-state index in [1.165, 1.54) is 139 Å². The summed E-state index contributed by atoms with van der Waals surface area (Å²) in [4.78, 5) is 2.59. The molecular formula is C86H80N2O2. The highest BCUT2D eigenvalue weighted by atomic mass is 16.3. The Morgan fingerprint density at radius 1 is 0.378 bits per heavy atom. The normalized spacial score (nSPS) is 14.5. The molecule has 2 aliphatic carbocycles. The summed E-state index contributed by atoms with van der Waals surface area (Å²) in [5, 5.41) is 16.6. The van der Waals surface area contributed by atoms with Crippen molar-refractivity contribution >= 4 is 105 Å². The maximum Gasteiger partial charge on any atom is 0.159 e. The number of nitrogens with one attached hydrogen (secondary N) is 1. The largest absolute Gasteiger partial charge is 0.453 e. The van der Waals surface area contributed by atoms with Crippen molar-refractivity contribution in [1.29, 1.82) is 0 Å². The maximum atomic E-state index is 7.51. The van der Waals surface area contributed by atoms with Crippen LogP contribution < -0.4 is 10.2 Å². The molecule has 0 aliphatic heterocycles. The standard InChI is InChI=1S/C86H80N2O2/c1-7-54-24-19-30-58(48-54)87-82-67(45-46-73-71-39-22-37-69(84(71)90-86(73)82)64-35-18-16-33-61(64)53(5)6)76-50-77-75(57-28-13-10-14-29-57)51-79(74-47-44-65-62(56-26-11-9-12-27-56)42-43-66(76)80(65)81(74)77)88(59-31-20-25-55(8-2)49-59)78-41-23-40-72-70-38-21-36-68(83(70)89-85(72)78)63-34-17-15-32-60(63)52(3)4/h15-25,30-53,56-57,87H,7-14,26-29H2,1-6H3. The minimum Gasteiger partial charge on any atom is -0.453 e. The molecule has 2 fully saturated rings. The van der Waals surface area contributed by atoms with Gasteiger partial charge in [-0.3, -0.25) is 0 Å². The van der Waals surface area contributed by atoms with Crippen LogP contribution >= 0.6 is 0 Å². The Labute approximate surface area is 529 Å². The van der Waals surface area contributed by atoms with Gasteiger partial charge in [0.2, 0.25) is 0 Å².